The second-order valence-electron chi connectivity index (χ2n) is 6.25. The van der Waals surface area contributed by atoms with Crippen LogP contribution in [0.5, 0.6) is 0 Å². The van der Waals surface area contributed by atoms with Gasteiger partial charge in [0.15, 0.2) is 0 Å². The highest BCUT2D eigenvalue weighted by molar-refractivity contribution is 9.10. The zero-order chi connectivity index (χ0) is 20.9. The summed E-state index contributed by atoms with van der Waals surface area (Å²) in [5.74, 6) is -0.298. The van der Waals surface area contributed by atoms with Crippen LogP contribution < -0.4 is 5.32 Å². The number of hydrogen-bond donors (Lipinski definition) is 2. The van der Waals surface area contributed by atoms with Crippen LogP contribution in [0.2, 0.25) is 0 Å². The van der Waals surface area contributed by atoms with Gasteiger partial charge in [0.1, 0.15) is 0 Å². The van der Waals surface area contributed by atoms with E-state index in [9.17, 15) is 23.0 Å². The van der Waals surface area contributed by atoms with Crippen molar-refractivity contribution in [2.45, 2.75) is 38.6 Å². The van der Waals surface area contributed by atoms with Gasteiger partial charge in [0, 0.05) is 22.1 Å². The molecule has 0 spiro atoms. The molecule has 0 saturated carbocycles. The molecule has 0 aliphatic carbocycles. The molecular formula is C19H21BrF2NO4P. The smallest absolute Gasteiger partial charge is 0.348 e. The predicted octanol–water partition coefficient (Wildman–Crippen LogP) is 5.43. The van der Waals surface area contributed by atoms with Gasteiger partial charge < -0.3 is 14.7 Å². The third-order valence-corrected chi connectivity index (χ3v) is 6.35. The van der Waals surface area contributed by atoms with Crippen molar-refractivity contribution < 1.29 is 27.6 Å². The minimum absolute atomic E-state index is 0.0500. The molecule has 28 heavy (non-hydrogen) atoms. The van der Waals surface area contributed by atoms with E-state index < -0.39 is 24.9 Å². The molecule has 0 bridgehead atoms. The number of hydrogen-bond acceptors (Lipinski definition) is 3. The number of benzene rings is 2. The van der Waals surface area contributed by atoms with Crippen molar-refractivity contribution in [2.24, 2.45) is 0 Å². The standard InChI is InChI=1S/C19H21BrF2NO4P/c1-3-13(2)27-28(25,26)19(21,22)16-10-9-14(11-17(16)20)12-23-18(24)15-7-5-4-6-8-15/h4-11,13H,3,12H2,1-2H3,(H,23,24)(H,25,26). The minimum atomic E-state index is -5.24. The second kappa shape index (κ2) is 9.27. The van der Waals surface area contributed by atoms with Crippen LogP contribution in [0.15, 0.2) is 53.0 Å². The van der Waals surface area contributed by atoms with Crippen LogP contribution >= 0.6 is 23.5 Å². The third kappa shape index (κ3) is 5.26. The lowest BCUT2D eigenvalue weighted by molar-refractivity contribution is 0.0341. The molecule has 0 aliphatic heterocycles. The van der Waals surface area contributed by atoms with Gasteiger partial charge in [0.05, 0.1) is 6.10 Å². The highest BCUT2D eigenvalue weighted by Gasteiger charge is 2.54. The zero-order valence-corrected chi connectivity index (χ0v) is 17.8. The largest absolute Gasteiger partial charge is 0.402 e. The summed E-state index contributed by atoms with van der Waals surface area (Å²) >= 11 is 3.03. The van der Waals surface area contributed by atoms with Gasteiger partial charge in [0.25, 0.3) is 5.91 Å². The fourth-order valence-electron chi connectivity index (χ4n) is 2.32. The molecule has 2 aromatic rings. The van der Waals surface area contributed by atoms with Gasteiger partial charge >= 0.3 is 13.3 Å². The summed E-state index contributed by atoms with van der Waals surface area (Å²) in [5, 5.41) is 2.69. The van der Waals surface area contributed by atoms with Gasteiger partial charge in [-0.05, 0) is 37.1 Å². The van der Waals surface area contributed by atoms with Crippen LogP contribution in [0, 0.1) is 0 Å². The molecule has 5 nitrogen and oxygen atoms in total. The van der Waals surface area contributed by atoms with E-state index in [2.05, 4.69) is 21.2 Å². The molecule has 2 rings (SSSR count). The van der Waals surface area contributed by atoms with E-state index in [-0.39, 0.29) is 16.9 Å². The Kier molecular flexibility index (Phi) is 7.51. The Labute approximate surface area is 170 Å². The molecule has 2 N–H and O–H groups in total. The predicted molar refractivity (Wildman–Crippen MR) is 106 cm³/mol. The first kappa shape index (κ1) is 22.7. The zero-order valence-electron chi connectivity index (χ0n) is 15.4. The van der Waals surface area contributed by atoms with E-state index in [1.54, 1.807) is 37.3 Å². The van der Waals surface area contributed by atoms with E-state index in [4.69, 9.17) is 4.52 Å². The van der Waals surface area contributed by atoms with E-state index in [1.165, 1.54) is 19.1 Å². The molecule has 0 aliphatic rings. The van der Waals surface area contributed by atoms with Crippen molar-refractivity contribution in [3.8, 4) is 0 Å². The molecule has 2 aromatic carbocycles. The maximum atomic E-state index is 14.6. The lowest BCUT2D eigenvalue weighted by Gasteiger charge is -2.25. The maximum Gasteiger partial charge on any atom is 0.402 e. The molecule has 1 amide bonds. The van der Waals surface area contributed by atoms with Crippen LogP contribution in [-0.2, 0) is 21.3 Å². The molecule has 0 fully saturated rings. The first-order valence-electron chi connectivity index (χ1n) is 8.59. The fourth-order valence-corrected chi connectivity index (χ4v) is 4.42. The summed E-state index contributed by atoms with van der Waals surface area (Å²) < 4.78 is 46.0. The number of carbonyl (C=O) groups excluding carboxylic acids is 1. The Bertz CT molecular complexity index is 879. The van der Waals surface area contributed by atoms with Crippen molar-refractivity contribution in [3.05, 3.63) is 69.7 Å². The second-order valence-corrected chi connectivity index (χ2v) is 8.92. The number of carbonyl (C=O) groups is 1. The number of alkyl halides is 2. The average Bonchev–Trinajstić information content (AvgIpc) is 2.66. The topological polar surface area (TPSA) is 75.6 Å². The van der Waals surface area contributed by atoms with E-state index in [0.717, 1.165) is 6.07 Å². The van der Waals surface area contributed by atoms with Crippen molar-refractivity contribution >= 4 is 29.4 Å². The van der Waals surface area contributed by atoms with Crippen molar-refractivity contribution in [3.63, 3.8) is 0 Å². The first-order chi connectivity index (χ1) is 13.1. The first-order valence-corrected chi connectivity index (χ1v) is 11.0. The number of amides is 1. The Hall–Kier alpha value is -1.60. The lowest BCUT2D eigenvalue weighted by atomic mass is 10.1. The Morgan fingerprint density at radius 3 is 2.50 bits per heavy atom. The fraction of sp³-hybridized carbons (Fsp3) is 0.316. The van der Waals surface area contributed by atoms with Gasteiger partial charge in [0.2, 0.25) is 0 Å². The van der Waals surface area contributed by atoms with E-state index in [0.29, 0.717) is 17.5 Å². The molecule has 0 heterocycles. The van der Waals surface area contributed by atoms with Crippen LogP contribution in [0.25, 0.3) is 0 Å². The Balaban J connectivity index is 2.15. The molecular weight excluding hydrogens is 455 g/mol. The Morgan fingerprint density at radius 1 is 1.29 bits per heavy atom. The van der Waals surface area contributed by atoms with Crippen LogP contribution in [0.1, 0.15) is 41.8 Å². The summed E-state index contributed by atoms with van der Waals surface area (Å²) in [5.41, 5.74) is -3.71. The molecule has 9 heteroatoms. The molecule has 0 radical (unpaired) electrons. The lowest BCUT2D eigenvalue weighted by Crippen LogP contribution is -2.23. The molecule has 0 aromatic heterocycles. The summed E-state index contributed by atoms with van der Waals surface area (Å²) in [6.45, 7) is 3.22. The van der Waals surface area contributed by atoms with Gasteiger partial charge in [-0.1, -0.05) is 53.2 Å². The van der Waals surface area contributed by atoms with Gasteiger partial charge in [-0.2, -0.15) is 8.78 Å². The van der Waals surface area contributed by atoms with Crippen molar-refractivity contribution in [1.82, 2.24) is 5.32 Å². The minimum Gasteiger partial charge on any atom is -0.348 e. The molecule has 152 valence electrons. The molecule has 0 saturated heterocycles. The highest BCUT2D eigenvalue weighted by atomic mass is 79.9. The Morgan fingerprint density at radius 2 is 1.93 bits per heavy atom. The van der Waals surface area contributed by atoms with Crippen LogP contribution in [0.4, 0.5) is 8.78 Å². The van der Waals surface area contributed by atoms with Crippen LogP contribution in [-0.4, -0.2) is 16.9 Å². The van der Waals surface area contributed by atoms with Crippen molar-refractivity contribution in [2.75, 3.05) is 0 Å². The molecule has 2 unspecified atom stereocenters. The third-order valence-electron chi connectivity index (χ3n) is 4.10. The highest BCUT2D eigenvalue weighted by Crippen LogP contribution is 2.64. The number of halogens is 3. The molecule has 2 atom stereocenters. The summed E-state index contributed by atoms with van der Waals surface area (Å²) in [6.07, 6.45) is -0.463. The van der Waals surface area contributed by atoms with Gasteiger partial charge in [-0.3, -0.25) is 9.36 Å². The summed E-state index contributed by atoms with van der Waals surface area (Å²) in [6, 6.07) is 12.4. The van der Waals surface area contributed by atoms with Crippen molar-refractivity contribution in [1.29, 1.82) is 0 Å². The van der Waals surface area contributed by atoms with Crippen LogP contribution in [0.3, 0.4) is 0 Å². The normalized spacial score (nSPS) is 14.9. The average molecular weight is 476 g/mol. The monoisotopic (exact) mass is 475 g/mol. The van der Waals surface area contributed by atoms with Gasteiger partial charge in [-0.15, -0.1) is 0 Å². The summed E-state index contributed by atoms with van der Waals surface area (Å²) in [4.78, 5) is 21.9. The SMILES string of the molecule is CCC(C)OP(=O)(O)C(F)(F)c1ccc(CNC(=O)c2ccccc2)cc1Br. The van der Waals surface area contributed by atoms with E-state index >= 15 is 0 Å². The number of nitrogens with one attached hydrogen (secondary N) is 1. The van der Waals surface area contributed by atoms with Gasteiger partial charge in [-0.25, -0.2) is 0 Å². The van der Waals surface area contributed by atoms with E-state index in [1.807, 2.05) is 0 Å². The summed E-state index contributed by atoms with van der Waals surface area (Å²) in [7, 11) is -5.24. The quantitative estimate of drug-likeness (QED) is 0.499. The number of rotatable bonds is 8. The maximum absolute atomic E-state index is 14.6.